The first kappa shape index (κ1) is 12.3. The zero-order valence-electron chi connectivity index (χ0n) is 11.8. The molecule has 0 fully saturated rings. The predicted octanol–water partition coefficient (Wildman–Crippen LogP) is 5.14. The van der Waals surface area contributed by atoms with Crippen LogP contribution in [0.1, 0.15) is 38.3 Å². The van der Waals surface area contributed by atoms with Crippen LogP contribution in [-0.4, -0.2) is 0 Å². The van der Waals surface area contributed by atoms with Crippen LogP contribution in [0.5, 0.6) is 11.5 Å². The van der Waals surface area contributed by atoms with Gasteiger partial charge in [0, 0.05) is 16.5 Å². The molecule has 2 aromatic rings. The molecular weight excluding hydrogens is 232 g/mol. The summed E-state index contributed by atoms with van der Waals surface area (Å²) in [5.41, 5.74) is 2.66. The molecule has 0 atom stereocenters. The van der Waals surface area contributed by atoms with Crippen molar-refractivity contribution in [3.05, 3.63) is 59.7 Å². The minimum Gasteiger partial charge on any atom is -0.457 e. The first-order chi connectivity index (χ1) is 9.11. The smallest absolute Gasteiger partial charge is 0.131 e. The van der Waals surface area contributed by atoms with Crippen molar-refractivity contribution in [3.63, 3.8) is 0 Å². The molecule has 3 rings (SSSR count). The van der Waals surface area contributed by atoms with Crippen LogP contribution in [0, 0.1) is 5.92 Å². The van der Waals surface area contributed by atoms with E-state index in [1.165, 1.54) is 11.1 Å². The van der Waals surface area contributed by atoms with E-state index in [1.807, 2.05) is 12.1 Å². The molecule has 1 aliphatic heterocycles. The van der Waals surface area contributed by atoms with Crippen molar-refractivity contribution in [2.75, 3.05) is 0 Å². The summed E-state index contributed by atoms with van der Waals surface area (Å²) in [5, 5.41) is 0. The van der Waals surface area contributed by atoms with Gasteiger partial charge in [0.25, 0.3) is 0 Å². The van der Waals surface area contributed by atoms with Gasteiger partial charge >= 0.3 is 0 Å². The third kappa shape index (κ3) is 1.94. The third-order valence-electron chi connectivity index (χ3n) is 4.00. The zero-order chi connectivity index (χ0) is 13.5. The highest BCUT2D eigenvalue weighted by atomic mass is 16.5. The molecule has 1 heterocycles. The van der Waals surface area contributed by atoms with Gasteiger partial charge in [0.2, 0.25) is 0 Å². The Kier molecular flexibility index (Phi) is 2.85. The number of benzene rings is 2. The first-order valence-electron chi connectivity index (χ1n) is 6.98. The molecule has 0 saturated heterocycles. The summed E-state index contributed by atoms with van der Waals surface area (Å²) in [7, 11) is 0. The van der Waals surface area contributed by atoms with Crippen molar-refractivity contribution in [1.82, 2.24) is 0 Å². The number of rotatable bonds is 2. The third-order valence-corrected chi connectivity index (χ3v) is 4.00. The van der Waals surface area contributed by atoms with E-state index in [-0.39, 0.29) is 5.41 Å². The van der Waals surface area contributed by atoms with E-state index in [4.69, 9.17) is 4.74 Å². The van der Waals surface area contributed by atoms with Crippen LogP contribution in [0.15, 0.2) is 48.5 Å². The van der Waals surface area contributed by atoms with Gasteiger partial charge in [-0.2, -0.15) is 0 Å². The molecule has 98 valence electrons. The monoisotopic (exact) mass is 252 g/mol. The number of ether oxygens (including phenoxy) is 1. The van der Waals surface area contributed by atoms with Gasteiger partial charge in [-0.3, -0.25) is 0 Å². The van der Waals surface area contributed by atoms with Gasteiger partial charge in [-0.15, -0.1) is 0 Å². The Hall–Kier alpha value is -1.76. The van der Waals surface area contributed by atoms with Gasteiger partial charge in [-0.1, -0.05) is 57.2 Å². The van der Waals surface area contributed by atoms with Crippen LogP contribution >= 0.6 is 0 Å². The fourth-order valence-electron chi connectivity index (χ4n) is 3.32. The molecule has 19 heavy (non-hydrogen) atoms. The van der Waals surface area contributed by atoms with Crippen LogP contribution in [-0.2, 0) is 5.41 Å². The molecule has 0 amide bonds. The molecule has 0 saturated carbocycles. The van der Waals surface area contributed by atoms with E-state index >= 15 is 0 Å². The summed E-state index contributed by atoms with van der Waals surface area (Å²) in [6, 6.07) is 16.9. The summed E-state index contributed by atoms with van der Waals surface area (Å²) in [6.45, 7) is 6.91. The largest absolute Gasteiger partial charge is 0.457 e. The van der Waals surface area contributed by atoms with Crippen molar-refractivity contribution < 1.29 is 4.74 Å². The van der Waals surface area contributed by atoms with Crippen LogP contribution in [0.25, 0.3) is 0 Å². The number of para-hydroxylation sites is 2. The maximum absolute atomic E-state index is 6.05. The molecule has 0 N–H and O–H groups in total. The van der Waals surface area contributed by atoms with E-state index in [0.717, 1.165) is 17.9 Å². The second kappa shape index (κ2) is 4.41. The van der Waals surface area contributed by atoms with Gasteiger partial charge in [0.1, 0.15) is 11.5 Å². The summed E-state index contributed by atoms with van der Waals surface area (Å²) in [6.07, 6.45) is 1.13. The van der Waals surface area contributed by atoms with Crippen LogP contribution in [0.2, 0.25) is 0 Å². The molecule has 0 aliphatic carbocycles. The second-order valence-corrected chi connectivity index (χ2v) is 6.02. The molecule has 1 aliphatic rings. The molecule has 0 radical (unpaired) electrons. The normalized spacial score (nSPS) is 15.6. The Morgan fingerprint density at radius 2 is 1.37 bits per heavy atom. The van der Waals surface area contributed by atoms with E-state index in [2.05, 4.69) is 57.2 Å². The fraction of sp³-hybridized carbons (Fsp3) is 0.333. The Morgan fingerprint density at radius 1 is 0.895 bits per heavy atom. The highest BCUT2D eigenvalue weighted by molar-refractivity contribution is 5.56. The predicted molar refractivity (Wildman–Crippen MR) is 78.9 cm³/mol. The van der Waals surface area contributed by atoms with Gasteiger partial charge in [-0.25, -0.2) is 0 Å². The average molecular weight is 252 g/mol. The Morgan fingerprint density at radius 3 is 1.84 bits per heavy atom. The van der Waals surface area contributed by atoms with E-state index in [9.17, 15) is 0 Å². The molecule has 1 nitrogen and oxygen atoms in total. The number of fused-ring (bicyclic) bond motifs is 2. The highest BCUT2D eigenvalue weighted by Crippen LogP contribution is 2.50. The molecular formula is C18H20O. The molecule has 0 unspecified atom stereocenters. The first-order valence-corrected chi connectivity index (χ1v) is 6.98. The lowest BCUT2D eigenvalue weighted by molar-refractivity contribution is 0.361. The summed E-state index contributed by atoms with van der Waals surface area (Å²) in [4.78, 5) is 0. The van der Waals surface area contributed by atoms with Crippen LogP contribution in [0.4, 0.5) is 0 Å². The van der Waals surface area contributed by atoms with Gasteiger partial charge < -0.3 is 4.74 Å². The number of hydrogen-bond acceptors (Lipinski definition) is 1. The maximum atomic E-state index is 6.05. The topological polar surface area (TPSA) is 9.23 Å². The lowest BCUT2D eigenvalue weighted by Crippen LogP contribution is -2.29. The van der Waals surface area contributed by atoms with Crippen LogP contribution in [0.3, 0.4) is 0 Å². The maximum Gasteiger partial charge on any atom is 0.131 e. The summed E-state index contributed by atoms with van der Waals surface area (Å²) < 4.78 is 6.05. The molecule has 0 bridgehead atoms. The lowest BCUT2D eigenvalue weighted by atomic mass is 9.69. The quantitative estimate of drug-likeness (QED) is 0.718. The molecule has 1 heteroatoms. The van der Waals surface area contributed by atoms with Gasteiger partial charge in [0.05, 0.1) is 0 Å². The fourth-order valence-corrected chi connectivity index (χ4v) is 3.32. The van der Waals surface area contributed by atoms with E-state index < -0.39 is 0 Å². The van der Waals surface area contributed by atoms with Crippen LogP contribution < -0.4 is 4.74 Å². The summed E-state index contributed by atoms with van der Waals surface area (Å²) >= 11 is 0. The minimum absolute atomic E-state index is 0.0413. The number of hydrogen-bond donors (Lipinski definition) is 0. The minimum atomic E-state index is 0.0413. The molecule has 0 aromatic heterocycles. The van der Waals surface area contributed by atoms with Crippen molar-refractivity contribution in [2.24, 2.45) is 5.92 Å². The van der Waals surface area contributed by atoms with Gasteiger partial charge in [-0.05, 0) is 24.5 Å². The average Bonchev–Trinajstić information content (AvgIpc) is 2.38. The Bertz CT molecular complexity index is 553. The zero-order valence-corrected chi connectivity index (χ0v) is 11.8. The van der Waals surface area contributed by atoms with E-state index in [0.29, 0.717) is 5.92 Å². The second-order valence-electron chi connectivity index (χ2n) is 6.02. The lowest BCUT2D eigenvalue weighted by Gasteiger charge is -2.38. The molecule has 2 aromatic carbocycles. The van der Waals surface area contributed by atoms with Crippen molar-refractivity contribution in [3.8, 4) is 11.5 Å². The SMILES string of the molecule is CC(C)CC1(C)c2ccccc2Oc2ccccc21. The van der Waals surface area contributed by atoms with Gasteiger partial charge in [0.15, 0.2) is 0 Å². The standard InChI is InChI=1S/C18H20O/c1-13(2)12-18(3)14-8-4-6-10-16(14)19-17-11-7-5-9-15(17)18/h4-11,13H,12H2,1-3H3. The van der Waals surface area contributed by atoms with Crippen molar-refractivity contribution >= 4 is 0 Å². The molecule has 0 spiro atoms. The van der Waals surface area contributed by atoms with Crippen molar-refractivity contribution in [1.29, 1.82) is 0 Å². The highest BCUT2D eigenvalue weighted by Gasteiger charge is 2.38. The summed E-state index contributed by atoms with van der Waals surface area (Å²) in [5.74, 6) is 2.65. The van der Waals surface area contributed by atoms with Crippen molar-refractivity contribution in [2.45, 2.75) is 32.6 Å². The Balaban J connectivity index is 2.22. The Labute approximate surface area is 115 Å². The van der Waals surface area contributed by atoms with E-state index in [1.54, 1.807) is 0 Å².